The molecule has 0 radical (unpaired) electrons. The lowest BCUT2D eigenvalue weighted by molar-refractivity contribution is -0.115. The molecule has 1 amide bonds. The van der Waals surface area contributed by atoms with Crippen molar-refractivity contribution in [2.24, 2.45) is 0 Å². The van der Waals surface area contributed by atoms with E-state index in [0.29, 0.717) is 29.4 Å². The molecule has 0 spiro atoms. The van der Waals surface area contributed by atoms with Crippen molar-refractivity contribution in [3.8, 4) is 0 Å². The van der Waals surface area contributed by atoms with E-state index < -0.39 is 0 Å². The molecule has 188 valence electrons. The van der Waals surface area contributed by atoms with Crippen molar-refractivity contribution >= 4 is 58.0 Å². The van der Waals surface area contributed by atoms with Gasteiger partial charge in [0, 0.05) is 22.0 Å². The molecule has 0 saturated heterocycles. The van der Waals surface area contributed by atoms with E-state index in [4.69, 9.17) is 17.0 Å². The molecule has 3 rings (SSSR count). The summed E-state index contributed by atoms with van der Waals surface area (Å²) in [6.07, 6.45) is 2.46. The molecule has 0 aliphatic heterocycles. The number of carbonyl (C=O) groups excluding carboxylic acids is 2. The van der Waals surface area contributed by atoms with E-state index in [0.717, 1.165) is 29.1 Å². The molecule has 0 aliphatic carbocycles. The fraction of sp³-hybridized carbons (Fsp3) is 0.250. The summed E-state index contributed by atoms with van der Waals surface area (Å²) in [4.78, 5) is 26.0. The molecular weight excluding hydrogens is 490 g/mol. The number of hydrogen-bond acceptors (Lipinski definition) is 5. The summed E-state index contributed by atoms with van der Waals surface area (Å²) in [5.74, 6) is -0.448. The van der Waals surface area contributed by atoms with E-state index in [-0.39, 0.29) is 17.1 Å². The predicted molar refractivity (Wildman–Crippen MR) is 153 cm³/mol. The molecule has 3 aromatic carbocycles. The van der Waals surface area contributed by atoms with Crippen LogP contribution in [-0.4, -0.2) is 28.8 Å². The standard InChI is InChI=1S/C28H31N3O3S2/c1-3-5-18-34-27(33)20-14-16-22(17-15-20)29-26(32)25(4-2)36-24-13-9-12-23(19-24)31-28(35)30-21-10-7-6-8-11-21/h6-17,19,25H,3-5,18H2,1-2H3,(H,29,32)(H2,30,31,35). The van der Waals surface area contributed by atoms with Gasteiger partial charge in [0.25, 0.3) is 0 Å². The van der Waals surface area contributed by atoms with Crippen molar-refractivity contribution in [1.82, 2.24) is 0 Å². The summed E-state index contributed by atoms with van der Waals surface area (Å²) in [6, 6.07) is 24.3. The summed E-state index contributed by atoms with van der Waals surface area (Å²) >= 11 is 6.91. The van der Waals surface area contributed by atoms with Gasteiger partial charge in [-0.25, -0.2) is 4.79 Å². The number of para-hydroxylation sites is 1. The maximum absolute atomic E-state index is 12.9. The lowest BCUT2D eigenvalue weighted by Gasteiger charge is -2.16. The third-order valence-electron chi connectivity index (χ3n) is 5.18. The van der Waals surface area contributed by atoms with Crippen LogP contribution >= 0.6 is 24.0 Å². The average Bonchev–Trinajstić information content (AvgIpc) is 2.88. The molecule has 0 aromatic heterocycles. The third kappa shape index (κ3) is 8.70. The first-order valence-corrected chi connectivity index (χ1v) is 13.2. The van der Waals surface area contributed by atoms with Gasteiger partial charge in [0.15, 0.2) is 5.11 Å². The van der Waals surface area contributed by atoms with Gasteiger partial charge >= 0.3 is 5.97 Å². The fourth-order valence-electron chi connectivity index (χ4n) is 3.25. The molecule has 3 aromatic rings. The number of ether oxygens (including phenoxy) is 1. The SMILES string of the molecule is CCCCOC(=O)c1ccc(NC(=O)C(CC)Sc2cccc(NC(=S)Nc3ccccc3)c2)cc1. The number of amides is 1. The maximum atomic E-state index is 12.9. The summed E-state index contributed by atoms with van der Waals surface area (Å²) in [5.41, 5.74) is 2.85. The number of benzene rings is 3. The zero-order valence-electron chi connectivity index (χ0n) is 20.5. The van der Waals surface area contributed by atoms with Gasteiger partial charge in [0.2, 0.25) is 5.91 Å². The van der Waals surface area contributed by atoms with E-state index in [1.807, 2.05) is 68.4 Å². The molecule has 0 aliphatic rings. The number of hydrogen-bond donors (Lipinski definition) is 3. The van der Waals surface area contributed by atoms with Crippen molar-refractivity contribution in [3.05, 3.63) is 84.4 Å². The number of thiocarbonyl (C=S) groups is 1. The van der Waals surface area contributed by atoms with Crippen LogP contribution in [0, 0.1) is 0 Å². The van der Waals surface area contributed by atoms with Gasteiger partial charge in [-0.05, 0) is 79.7 Å². The molecule has 1 atom stereocenters. The van der Waals surface area contributed by atoms with Gasteiger partial charge in [-0.15, -0.1) is 11.8 Å². The van der Waals surface area contributed by atoms with Gasteiger partial charge in [-0.3, -0.25) is 4.79 Å². The molecule has 8 heteroatoms. The molecule has 0 heterocycles. The van der Waals surface area contributed by atoms with Crippen molar-refractivity contribution < 1.29 is 14.3 Å². The number of thioether (sulfide) groups is 1. The molecule has 0 fully saturated rings. The van der Waals surface area contributed by atoms with Crippen LogP contribution in [0.5, 0.6) is 0 Å². The number of carbonyl (C=O) groups is 2. The highest BCUT2D eigenvalue weighted by Gasteiger charge is 2.19. The first kappa shape index (κ1) is 27.2. The number of anilines is 3. The number of rotatable bonds is 11. The highest BCUT2D eigenvalue weighted by Crippen LogP contribution is 2.28. The largest absolute Gasteiger partial charge is 0.462 e. The minimum absolute atomic E-state index is 0.0969. The smallest absolute Gasteiger partial charge is 0.338 e. The third-order valence-corrected chi connectivity index (χ3v) is 6.75. The minimum Gasteiger partial charge on any atom is -0.462 e. The van der Waals surface area contributed by atoms with Crippen LogP contribution in [-0.2, 0) is 9.53 Å². The minimum atomic E-state index is -0.352. The van der Waals surface area contributed by atoms with Crippen LogP contribution < -0.4 is 16.0 Å². The van der Waals surface area contributed by atoms with Crippen LogP contribution in [0.1, 0.15) is 43.5 Å². The Morgan fingerprint density at radius 3 is 2.22 bits per heavy atom. The molecule has 1 unspecified atom stereocenters. The van der Waals surface area contributed by atoms with Crippen molar-refractivity contribution in [1.29, 1.82) is 0 Å². The Kier molecular flexibility index (Phi) is 10.8. The van der Waals surface area contributed by atoms with Gasteiger partial charge in [-0.2, -0.15) is 0 Å². The number of nitrogens with one attached hydrogen (secondary N) is 3. The van der Waals surface area contributed by atoms with Gasteiger partial charge < -0.3 is 20.7 Å². The zero-order chi connectivity index (χ0) is 25.8. The van der Waals surface area contributed by atoms with Crippen LogP contribution in [0.15, 0.2) is 83.8 Å². The summed E-state index contributed by atoms with van der Waals surface area (Å²) in [5, 5.41) is 9.50. The monoisotopic (exact) mass is 521 g/mol. The Labute approximate surface area is 222 Å². The second-order valence-corrected chi connectivity index (χ2v) is 9.73. The van der Waals surface area contributed by atoms with Crippen LogP contribution in [0.4, 0.5) is 17.1 Å². The van der Waals surface area contributed by atoms with Gasteiger partial charge in [0.05, 0.1) is 17.4 Å². The Morgan fingerprint density at radius 2 is 1.53 bits per heavy atom. The van der Waals surface area contributed by atoms with E-state index >= 15 is 0 Å². The van der Waals surface area contributed by atoms with Crippen LogP contribution in [0.25, 0.3) is 0 Å². The van der Waals surface area contributed by atoms with Crippen molar-refractivity contribution in [3.63, 3.8) is 0 Å². The number of unbranched alkanes of at least 4 members (excludes halogenated alkanes) is 1. The second-order valence-electron chi connectivity index (χ2n) is 8.04. The summed E-state index contributed by atoms with van der Waals surface area (Å²) < 4.78 is 5.23. The van der Waals surface area contributed by atoms with E-state index in [2.05, 4.69) is 16.0 Å². The van der Waals surface area contributed by atoms with E-state index in [9.17, 15) is 9.59 Å². The molecule has 36 heavy (non-hydrogen) atoms. The normalized spacial score (nSPS) is 11.3. The maximum Gasteiger partial charge on any atom is 0.338 e. The lowest BCUT2D eigenvalue weighted by atomic mass is 10.2. The first-order chi connectivity index (χ1) is 17.5. The quantitative estimate of drug-likeness (QED) is 0.109. The molecule has 3 N–H and O–H groups in total. The Hall–Kier alpha value is -3.36. The number of esters is 1. The van der Waals surface area contributed by atoms with E-state index in [1.165, 1.54) is 11.8 Å². The zero-order valence-corrected chi connectivity index (χ0v) is 22.1. The van der Waals surface area contributed by atoms with Crippen molar-refractivity contribution in [2.45, 2.75) is 43.3 Å². The highest BCUT2D eigenvalue weighted by molar-refractivity contribution is 8.00. The molecular formula is C28H31N3O3S2. The molecule has 0 bridgehead atoms. The Morgan fingerprint density at radius 1 is 0.861 bits per heavy atom. The first-order valence-electron chi connectivity index (χ1n) is 12.0. The molecule has 6 nitrogen and oxygen atoms in total. The van der Waals surface area contributed by atoms with Gasteiger partial charge in [-0.1, -0.05) is 44.5 Å². The summed E-state index contributed by atoms with van der Waals surface area (Å²) in [6.45, 7) is 4.43. The molecule has 0 saturated carbocycles. The Balaban J connectivity index is 1.55. The van der Waals surface area contributed by atoms with E-state index in [1.54, 1.807) is 24.3 Å². The fourth-order valence-corrected chi connectivity index (χ4v) is 4.50. The highest BCUT2D eigenvalue weighted by atomic mass is 32.2. The van der Waals surface area contributed by atoms with Crippen LogP contribution in [0.3, 0.4) is 0 Å². The Bertz CT molecular complexity index is 1150. The van der Waals surface area contributed by atoms with Crippen LogP contribution in [0.2, 0.25) is 0 Å². The lowest BCUT2D eigenvalue weighted by Crippen LogP contribution is -2.24. The second kappa shape index (κ2) is 14.3. The predicted octanol–water partition coefficient (Wildman–Crippen LogP) is 6.96. The topological polar surface area (TPSA) is 79.5 Å². The summed E-state index contributed by atoms with van der Waals surface area (Å²) in [7, 11) is 0. The van der Waals surface area contributed by atoms with Crippen molar-refractivity contribution in [2.75, 3.05) is 22.6 Å². The van der Waals surface area contributed by atoms with Gasteiger partial charge in [0.1, 0.15) is 0 Å². The average molecular weight is 522 g/mol.